The third-order valence-corrected chi connectivity index (χ3v) is 6.27. The molecule has 1 aliphatic rings. The molecule has 0 radical (unpaired) electrons. The Morgan fingerprint density at radius 3 is 2.64 bits per heavy atom. The van der Waals surface area contributed by atoms with Crippen molar-refractivity contribution in [1.82, 2.24) is 4.90 Å². The summed E-state index contributed by atoms with van der Waals surface area (Å²) in [6, 6.07) is 13.2. The molecule has 0 saturated carbocycles. The summed E-state index contributed by atoms with van der Waals surface area (Å²) < 4.78 is 5.87. The highest BCUT2D eigenvalue weighted by Gasteiger charge is 2.23. The molecule has 1 N–H and O–H groups in total. The van der Waals surface area contributed by atoms with Crippen molar-refractivity contribution in [3.8, 4) is 0 Å². The van der Waals surface area contributed by atoms with Crippen LogP contribution in [0.4, 0.5) is 11.4 Å². The fourth-order valence-corrected chi connectivity index (χ4v) is 4.66. The highest BCUT2D eigenvalue weighted by atomic mass is 79.9. The lowest BCUT2D eigenvalue weighted by Crippen LogP contribution is -2.46. The standard InChI is InChI=1S/C20H19BrClN3O2S/c21-18-7-6-17(27-18)20(26)23-16-5-1-4-15(22)19(16)25-10-8-24(9-11-25)13-14-3-2-12-28-14/h1-7,12H,8-11,13H2,(H,23,26). The molecule has 3 aromatic rings. The first kappa shape index (κ1) is 19.5. The van der Waals surface area contributed by atoms with E-state index in [1.807, 2.05) is 18.2 Å². The number of furan rings is 1. The van der Waals surface area contributed by atoms with Crippen LogP contribution in [0.3, 0.4) is 0 Å². The zero-order valence-corrected chi connectivity index (χ0v) is 18.2. The molecule has 146 valence electrons. The number of carbonyl (C=O) groups is 1. The van der Waals surface area contributed by atoms with Crippen LogP contribution in [0.1, 0.15) is 15.4 Å². The normalized spacial score (nSPS) is 15.0. The minimum atomic E-state index is -0.300. The van der Waals surface area contributed by atoms with Crippen LogP contribution in [0, 0.1) is 0 Å². The lowest BCUT2D eigenvalue weighted by Gasteiger charge is -2.37. The molecular formula is C20H19BrClN3O2S. The molecule has 3 heterocycles. The van der Waals surface area contributed by atoms with Crippen LogP contribution in [-0.4, -0.2) is 37.0 Å². The van der Waals surface area contributed by atoms with Gasteiger partial charge in [-0.2, -0.15) is 0 Å². The average Bonchev–Trinajstić information content (AvgIpc) is 3.35. The molecule has 5 nitrogen and oxygen atoms in total. The highest BCUT2D eigenvalue weighted by Crippen LogP contribution is 2.35. The monoisotopic (exact) mass is 479 g/mol. The molecule has 1 saturated heterocycles. The number of halogens is 2. The Balaban J connectivity index is 1.46. The van der Waals surface area contributed by atoms with Gasteiger partial charge < -0.3 is 14.6 Å². The summed E-state index contributed by atoms with van der Waals surface area (Å²) in [7, 11) is 0. The second-order valence-corrected chi connectivity index (χ2v) is 8.76. The summed E-state index contributed by atoms with van der Waals surface area (Å²) in [6.07, 6.45) is 0. The van der Waals surface area contributed by atoms with E-state index in [1.165, 1.54) is 4.88 Å². The van der Waals surface area contributed by atoms with Crippen molar-refractivity contribution in [2.45, 2.75) is 6.54 Å². The number of para-hydroxylation sites is 1. The van der Waals surface area contributed by atoms with E-state index in [1.54, 1.807) is 23.5 Å². The largest absolute Gasteiger partial charge is 0.444 e. The number of nitrogens with one attached hydrogen (secondary N) is 1. The number of piperazine rings is 1. The van der Waals surface area contributed by atoms with Crippen LogP contribution in [0.25, 0.3) is 0 Å². The molecule has 1 fully saturated rings. The summed E-state index contributed by atoms with van der Waals surface area (Å²) >= 11 is 11.5. The van der Waals surface area contributed by atoms with Gasteiger partial charge in [0, 0.05) is 37.6 Å². The minimum Gasteiger partial charge on any atom is -0.444 e. The molecule has 8 heteroatoms. The van der Waals surface area contributed by atoms with Gasteiger partial charge in [0.2, 0.25) is 0 Å². The van der Waals surface area contributed by atoms with E-state index in [4.69, 9.17) is 16.0 Å². The Morgan fingerprint density at radius 1 is 1.14 bits per heavy atom. The van der Waals surface area contributed by atoms with Gasteiger partial charge in [-0.1, -0.05) is 23.7 Å². The lowest BCUT2D eigenvalue weighted by atomic mass is 10.2. The maximum Gasteiger partial charge on any atom is 0.291 e. The molecular weight excluding hydrogens is 462 g/mol. The summed E-state index contributed by atoms with van der Waals surface area (Å²) in [5, 5.41) is 5.68. The smallest absolute Gasteiger partial charge is 0.291 e. The van der Waals surface area contributed by atoms with Gasteiger partial charge in [0.25, 0.3) is 5.91 Å². The van der Waals surface area contributed by atoms with Crippen molar-refractivity contribution < 1.29 is 9.21 Å². The maximum atomic E-state index is 12.5. The Bertz CT molecular complexity index is 952. The molecule has 1 aliphatic heterocycles. The summed E-state index contributed by atoms with van der Waals surface area (Å²) in [4.78, 5) is 18.6. The highest BCUT2D eigenvalue weighted by molar-refractivity contribution is 9.10. The van der Waals surface area contributed by atoms with Gasteiger partial charge in [-0.05, 0) is 51.6 Å². The fourth-order valence-electron chi connectivity index (χ4n) is 3.31. The number of carbonyl (C=O) groups excluding carboxylic acids is 1. The Hall–Kier alpha value is -1.80. The van der Waals surface area contributed by atoms with E-state index in [2.05, 4.69) is 48.6 Å². The predicted molar refractivity (Wildman–Crippen MR) is 118 cm³/mol. The third-order valence-electron chi connectivity index (χ3n) is 4.68. The van der Waals surface area contributed by atoms with Crippen molar-refractivity contribution >= 4 is 56.1 Å². The molecule has 0 spiro atoms. The maximum absolute atomic E-state index is 12.5. The van der Waals surface area contributed by atoms with Gasteiger partial charge in [0.15, 0.2) is 10.4 Å². The van der Waals surface area contributed by atoms with Crippen LogP contribution in [0.15, 0.2) is 56.9 Å². The molecule has 1 amide bonds. The molecule has 1 aromatic carbocycles. The van der Waals surface area contributed by atoms with E-state index < -0.39 is 0 Å². The van der Waals surface area contributed by atoms with Crippen LogP contribution in [-0.2, 0) is 6.54 Å². The first-order valence-electron chi connectivity index (χ1n) is 8.95. The number of hydrogen-bond acceptors (Lipinski definition) is 5. The van der Waals surface area contributed by atoms with Crippen LogP contribution in [0.2, 0.25) is 5.02 Å². The van der Waals surface area contributed by atoms with Crippen molar-refractivity contribution in [2.24, 2.45) is 0 Å². The fraction of sp³-hybridized carbons (Fsp3) is 0.250. The topological polar surface area (TPSA) is 48.7 Å². The lowest BCUT2D eigenvalue weighted by molar-refractivity contribution is 0.0995. The SMILES string of the molecule is O=C(Nc1cccc(Cl)c1N1CCN(Cc2cccs2)CC1)c1ccc(Br)o1. The minimum absolute atomic E-state index is 0.249. The molecule has 0 unspecified atom stereocenters. The van der Waals surface area contributed by atoms with Crippen LogP contribution in [0.5, 0.6) is 0 Å². The average molecular weight is 481 g/mol. The van der Waals surface area contributed by atoms with Gasteiger partial charge in [-0.25, -0.2) is 0 Å². The van der Waals surface area contributed by atoms with E-state index in [0.717, 1.165) is 38.4 Å². The van der Waals surface area contributed by atoms with Crippen LogP contribution < -0.4 is 10.2 Å². The van der Waals surface area contributed by atoms with Crippen molar-refractivity contribution in [3.05, 3.63) is 68.2 Å². The Morgan fingerprint density at radius 2 is 1.96 bits per heavy atom. The number of hydrogen-bond donors (Lipinski definition) is 1. The number of nitrogens with zero attached hydrogens (tertiary/aromatic N) is 2. The van der Waals surface area contributed by atoms with E-state index in [0.29, 0.717) is 15.4 Å². The van der Waals surface area contributed by atoms with E-state index in [9.17, 15) is 4.79 Å². The summed E-state index contributed by atoms with van der Waals surface area (Å²) in [5.74, 6) is -0.0517. The molecule has 0 aliphatic carbocycles. The number of rotatable bonds is 5. The second kappa shape index (κ2) is 8.69. The number of benzene rings is 1. The van der Waals surface area contributed by atoms with Gasteiger partial charge >= 0.3 is 0 Å². The summed E-state index contributed by atoms with van der Waals surface area (Å²) in [5.41, 5.74) is 1.55. The quantitative estimate of drug-likeness (QED) is 0.536. The first-order chi connectivity index (χ1) is 13.6. The molecule has 2 aromatic heterocycles. The Kier molecular flexibility index (Phi) is 6.06. The van der Waals surface area contributed by atoms with Gasteiger partial charge in [-0.15, -0.1) is 11.3 Å². The van der Waals surface area contributed by atoms with Crippen LogP contribution >= 0.6 is 38.9 Å². The third kappa shape index (κ3) is 4.43. The van der Waals surface area contributed by atoms with Crippen molar-refractivity contribution in [1.29, 1.82) is 0 Å². The molecule has 28 heavy (non-hydrogen) atoms. The van der Waals surface area contributed by atoms with Gasteiger partial charge in [0.05, 0.1) is 16.4 Å². The molecule has 0 bridgehead atoms. The second-order valence-electron chi connectivity index (χ2n) is 6.54. The van der Waals surface area contributed by atoms with Crippen molar-refractivity contribution in [3.63, 3.8) is 0 Å². The number of anilines is 2. The zero-order chi connectivity index (χ0) is 19.5. The summed E-state index contributed by atoms with van der Waals surface area (Å²) in [6.45, 7) is 4.57. The van der Waals surface area contributed by atoms with Crippen molar-refractivity contribution in [2.75, 3.05) is 36.4 Å². The first-order valence-corrected chi connectivity index (χ1v) is 11.0. The van der Waals surface area contributed by atoms with Gasteiger partial charge in [0.1, 0.15) is 0 Å². The zero-order valence-electron chi connectivity index (χ0n) is 15.0. The Labute approximate surface area is 181 Å². The molecule has 4 rings (SSSR count). The molecule has 0 atom stereocenters. The number of amides is 1. The number of thiophene rings is 1. The predicted octanol–water partition coefficient (Wildman–Crippen LogP) is 5.33. The van der Waals surface area contributed by atoms with E-state index in [-0.39, 0.29) is 11.7 Å². The van der Waals surface area contributed by atoms with E-state index >= 15 is 0 Å². The van der Waals surface area contributed by atoms with Gasteiger partial charge in [-0.3, -0.25) is 9.69 Å².